The number of aryl methyl sites for hydroxylation is 2. The van der Waals surface area contributed by atoms with E-state index in [0.717, 1.165) is 31.5 Å². The molecule has 0 radical (unpaired) electrons. The normalized spacial score (nSPS) is 16.3. The van der Waals surface area contributed by atoms with Crippen molar-refractivity contribution in [1.82, 2.24) is 9.78 Å². The van der Waals surface area contributed by atoms with E-state index in [0.29, 0.717) is 5.59 Å². The highest BCUT2D eigenvalue weighted by molar-refractivity contribution is 6.59. The van der Waals surface area contributed by atoms with Crippen molar-refractivity contribution in [1.29, 1.82) is 0 Å². The van der Waals surface area contributed by atoms with Gasteiger partial charge in [-0.1, -0.05) is 0 Å². The van der Waals surface area contributed by atoms with Crippen LogP contribution in [0.1, 0.15) is 46.2 Å². The Balaban J connectivity index is 2.12. The maximum Gasteiger partial charge on any atom is 0.513 e. The number of aromatic nitrogens is 2. The molecule has 0 unspecified atom stereocenters. The van der Waals surface area contributed by atoms with Gasteiger partial charge in [0.15, 0.2) is 0 Å². The Morgan fingerprint density at radius 2 is 2.00 bits per heavy atom. The van der Waals surface area contributed by atoms with Crippen molar-refractivity contribution < 1.29 is 14.8 Å². The molecule has 106 valence electrons. The minimum Gasteiger partial charge on any atom is -0.422 e. The summed E-state index contributed by atoms with van der Waals surface area (Å²) in [5.41, 5.74) is -0.247. The molecule has 1 aromatic heterocycles. The summed E-state index contributed by atoms with van der Waals surface area (Å²) in [5, 5.41) is 24.6. The fourth-order valence-electron chi connectivity index (χ4n) is 2.04. The minimum atomic E-state index is -1.11. The zero-order valence-electron chi connectivity index (χ0n) is 12.2. The summed E-state index contributed by atoms with van der Waals surface area (Å²) in [6.07, 6.45) is 3.28. The van der Waals surface area contributed by atoms with Crippen LogP contribution in [-0.2, 0) is 17.6 Å². The first-order valence-electron chi connectivity index (χ1n) is 6.85. The topological polar surface area (TPSA) is 67.5 Å². The van der Waals surface area contributed by atoms with Crippen LogP contribution in [0.3, 0.4) is 0 Å². The van der Waals surface area contributed by atoms with Gasteiger partial charge in [0, 0.05) is 12.2 Å². The lowest BCUT2D eigenvalue weighted by atomic mass is 9.80. The number of fused-ring (bicyclic) bond motifs is 1. The second kappa shape index (κ2) is 4.92. The lowest BCUT2D eigenvalue weighted by Gasteiger charge is -2.38. The summed E-state index contributed by atoms with van der Waals surface area (Å²) in [4.78, 5) is 0. The number of nitrogens with zero attached hydrogens (tertiary/aromatic N) is 2. The SMILES string of the molecule is CC(C)(O)C(C)(C)OB(O)c1cc2n(n1)CCCC2. The third kappa shape index (κ3) is 3.01. The predicted octanol–water partition coefficient (Wildman–Crippen LogP) is 0.473. The average Bonchev–Trinajstić information content (AvgIpc) is 2.70. The zero-order valence-corrected chi connectivity index (χ0v) is 12.2. The second-order valence-corrected chi connectivity index (χ2v) is 6.28. The molecule has 0 saturated carbocycles. The maximum absolute atomic E-state index is 10.2. The highest BCUT2D eigenvalue weighted by Gasteiger charge is 2.40. The van der Waals surface area contributed by atoms with Crippen molar-refractivity contribution in [3.63, 3.8) is 0 Å². The number of hydrogen-bond donors (Lipinski definition) is 2. The first-order chi connectivity index (χ1) is 8.71. The van der Waals surface area contributed by atoms with E-state index in [1.54, 1.807) is 27.7 Å². The average molecular weight is 266 g/mol. The summed E-state index contributed by atoms with van der Waals surface area (Å²) in [7, 11) is -1.11. The van der Waals surface area contributed by atoms with Crippen LogP contribution in [-0.4, -0.2) is 38.2 Å². The third-order valence-corrected chi connectivity index (χ3v) is 4.07. The lowest BCUT2D eigenvalue weighted by molar-refractivity contribution is -0.0983. The van der Waals surface area contributed by atoms with E-state index in [1.165, 1.54) is 0 Å². The van der Waals surface area contributed by atoms with Gasteiger partial charge in [-0.25, -0.2) is 0 Å². The van der Waals surface area contributed by atoms with Crippen molar-refractivity contribution in [3.8, 4) is 0 Å². The molecule has 0 aliphatic carbocycles. The largest absolute Gasteiger partial charge is 0.513 e. The van der Waals surface area contributed by atoms with E-state index in [2.05, 4.69) is 5.10 Å². The fraction of sp³-hybridized carbons (Fsp3) is 0.769. The van der Waals surface area contributed by atoms with Crippen molar-refractivity contribution >= 4 is 12.7 Å². The van der Waals surface area contributed by atoms with Gasteiger partial charge in [-0.05, 0) is 53.0 Å². The van der Waals surface area contributed by atoms with Crippen LogP contribution >= 0.6 is 0 Å². The van der Waals surface area contributed by atoms with Crippen LogP contribution in [0.5, 0.6) is 0 Å². The van der Waals surface area contributed by atoms with Gasteiger partial charge < -0.3 is 14.8 Å². The van der Waals surface area contributed by atoms with Crippen LogP contribution in [0.4, 0.5) is 0 Å². The Bertz CT molecular complexity index is 428. The smallest absolute Gasteiger partial charge is 0.422 e. The molecule has 19 heavy (non-hydrogen) atoms. The summed E-state index contributed by atoms with van der Waals surface area (Å²) in [6.45, 7) is 7.74. The molecule has 0 bridgehead atoms. The van der Waals surface area contributed by atoms with E-state index in [-0.39, 0.29) is 0 Å². The molecule has 1 aromatic rings. The Morgan fingerprint density at radius 1 is 1.32 bits per heavy atom. The van der Waals surface area contributed by atoms with Gasteiger partial charge in [-0.2, -0.15) is 5.10 Å². The molecule has 1 aliphatic rings. The lowest BCUT2D eigenvalue weighted by Crippen LogP contribution is -2.53. The van der Waals surface area contributed by atoms with Gasteiger partial charge in [-0.3, -0.25) is 4.68 Å². The Morgan fingerprint density at radius 3 is 2.58 bits per heavy atom. The molecule has 2 rings (SSSR count). The second-order valence-electron chi connectivity index (χ2n) is 6.28. The number of rotatable bonds is 4. The molecule has 0 aromatic carbocycles. The van der Waals surface area contributed by atoms with Gasteiger partial charge in [-0.15, -0.1) is 0 Å². The van der Waals surface area contributed by atoms with Gasteiger partial charge in [0.2, 0.25) is 0 Å². The molecule has 2 heterocycles. The van der Waals surface area contributed by atoms with Gasteiger partial charge >= 0.3 is 7.12 Å². The zero-order chi connectivity index (χ0) is 14.3. The molecule has 1 aliphatic heterocycles. The predicted molar refractivity (Wildman–Crippen MR) is 74.2 cm³/mol. The van der Waals surface area contributed by atoms with E-state index in [4.69, 9.17) is 4.65 Å². The first-order valence-corrected chi connectivity index (χ1v) is 6.85. The molecular formula is C13H23BN2O3. The van der Waals surface area contributed by atoms with Crippen molar-refractivity contribution in [3.05, 3.63) is 11.8 Å². The van der Waals surface area contributed by atoms with E-state index in [1.807, 2.05) is 10.7 Å². The van der Waals surface area contributed by atoms with Crippen LogP contribution in [0.2, 0.25) is 0 Å². The summed E-state index contributed by atoms with van der Waals surface area (Å²) < 4.78 is 7.53. The summed E-state index contributed by atoms with van der Waals surface area (Å²) in [5.74, 6) is 0. The molecule has 0 amide bonds. The Hall–Kier alpha value is -0.845. The number of hydrogen-bond acceptors (Lipinski definition) is 4. The third-order valence-electron chi connectivity index (χ3n) is 4.07. The quantitative estimate of drug-likeness (QED) is 0.777. The van der Waals surface area contributed by atoms with Crippen molar-refractivity contribution in [2.45, 2.75) is 64.7 Å². The molecule has 5 nitrogen and oxygen atoms in total. The van der Waals surface area contributed by atoms with Crippen molar-refractivity contribution in [2.24, 2.45) is 0 Å². The monoisotopic (exact) mass is 266 g/mol. The highest BCUT2D eigenvalue weighted by Crippen LogP contribution is 2.25. The molecule has 6 heteroatoms. The van der Waals surface area contributed by atoms with Crippen LogP contribution < -0.4 is 5.59 Å². The van der Waals surface area contributed by atoms with E-state index < -0.39 is 18.3 Å². The van der Waals surface area contributed by atoms with Crippen LogP contribution in [0.25, 0.3) is 0 Å². The minimum absolute atomic E-state index is 0.522. The van der Waals surface area contributed by atoms with E-state index in [9.17, 15) is 10.1 Å². The van der Waals surface area contributed by atoms with Crippen molar-refractivity contribution in [2.75, 3.05) is 0 Å². The summed E-state index contributed by atoms with van der Waals surface area (Å²) >= 11 is 0. The van der Waals surface area contributed by atoms with Gasteiger partial charge in [0.1, 0.15) is 0 Å². The van der Waals surface area contributed by atoms with Gasteiger partial charge in [0.25, 0.3) is 0 Å². The summed E-state index contributed by atoms with van der Waals surface area (Å²) in [6, 6.07) is 1.89. The fourth-order valence-corrected chi connectivity index (χ4v) is 2.04. The Labute approximate surface area is 114 Å². The first kappa shape index (κ1) is 14.6. The maximum atomic E-state index is 10.2. The standard InChI is InChI=1S/C13H23BN2O3/c1-12(2,17)13(3,4)19-14(18)11-9-10-7-5-6-8-16(10)15-11/h9,17-18H,5-8H2,1-4H3. The highest BCUT2D eigenvalue weighted by atomic mass is 16.5. The van der Waals surface area contributed by atoms with Crippen LogP contribution in [0, 0.1) is 0 Å². The molecule has 2 N–H and O–H groups in total. The Kier molecular flexibility index (Phi) is 3.77. The molecule has 0 atom stereocenters. The molecule has 0 spiro atoms. The molecule has 0 fully saturated rings. The van der Waals surface area contributed by atoms with E-state index >= 15 is 0 Å². The van der Waals surface area contributed by atoms with Crippen LogP contribution in [0.15, 0.2) is 6.07 Å². The molecule has 0 saturated heterocycles. The van der Waals surface area contributed by atoms with Gasteiger partial charge in [0.05, 0.1) is 16.8 Å². The number of aliphatic hydroxyl groups is 1. The molecular weight excluding hydrogens is 243 g/mol.